The van der Waals surface area contributed by atoms with Gasteiger partial charge in [-0.3, -0.25) is 4.79 Å². The van der Waals surface area contributed by atoms with Crippen LogP contribution >= 0.6 is 0 Å². The second kappa shape index (κ2) is 3.86. The number of aryl methyl sites for hydroxylation is 1. The van der Waals surface area contributed by atoms with Gasteiger partial charge in [-0.2, -0.15) is 0 Å². The normalized spacial score (nSPS) is 10.5. The fourth-order valence-corrected chi connectivity index (χ4v) is 1.10. The molecule has 62 valence electrons. The van der Waals surface area contributed by atoms with Crippen molar-refractivity contribution < 1.29 is 4.79 Å². The smallest absolute Gasteiger partial charge is 0.142 e. The highest BCUT2D eigenvalue weighted by atomic mass is 16.1. The van der Waals surface area contributed by atoms with Crippen LogP contribution in [0.2, 0.25) is 0 Å². The molecule has 0 fully saturated rings. The standard InChI is InChI=1S/C11H12O/c1-9-5-3-6-11(10(9)2)7-4-8-12/h3-8H,1-2H3/b7-4+. The monoisotopic (exact) mass is 160 g/mol. The number of aldehydes is 1. The lowest BCUT2D eigenvalue weighted by Gasteiger charge is -2.02. The summed E-state index contributed by atoms with van der Waals surface area (Å²) < 4.78 is 0. The fraction of sp³-hybridized carbons (Fsp3) is 0.182. The van der Waals surface area contributed by atoms with Gasteiger partial charge in [0.25, 0.3) is 0 Å². The Kier molecular flexibility index (Phi) is 2.81. The average Bonchev–Trinajstić information content (AvgIpc) is 2.08. The molecule has 0 spiro atoms. The van der Waals surface area contributed by atoms with Crippen LogP contribution < -0.4 is 0 Å². The molecule has 0 bridgehead atoms. The second-order valence-corrected chi connectivity index (χ2v) is 2.78. The maximum absolute atomic E-state index is 10.1. The lowest BCUT2D eigenvalue weighted by molar-refractivity contribution is -0.104. The summed E-state index contributed by atoms with van der Waals surface area (Å²) in [4.78, 5) is 10.1. The first kappa shape index (κ1) is 8.72. The van der Waals surface area contributed by atoms with Crippen molar-refractivity contribution in [3.8, 4) is 0 Å². The van der Waals surface area contributed by atoms with Gasteiger partial charge in [-0.25, -0.2) is 0 Å². The van der Waals surface area contributed by atoms with Crippen molar-refractivity contribution in [3.63, 3.8) is 0 Å². The Morgan fingerprint density at radius 1 is 1.25 bits per heavy atom. The summed E-state index contributed by atoms with van der Waals surface area (Å²) in [7, 11) is 0. The Hall–Kier alpha value is -1.37. The van der Waals surface area contributed by atoms with E-state index in [9.17, 15) is 4.79 Å². The van der Waals surface area contributed by atoms with E-state index in [-0.39, 0.29) is 0 Å². The number of allylic oxidation sites excluding steroid dienone is 1. The lowest BCUT2D eigenvalue weighted by atomic mass is 10.0. The summed E-state index contributed by atoms with van der Waals surface area (Å²) in [5, 5.41) is 0. The van der Waals surface area contributed by atoms with E-state index in [2.05, 4.69) is 19.9 Å². The molecule has 0 heterocycles. The summed E-state index contributed by atoms with van der Waals surface area (Å²) in [6, 6.07) is 6.06. The topological polar surface area (TPSA) is 17.1 Å². The molecule has 1 heteroatoms. The van der Waals surface area contributed by atoms with Gasteiger partial charge in [0.05, 0.1) is 0 Å². The van der Waals surface area contributed by atoms with Gasteiger partial charge in [-0.05, 0) is 36.6 Å². The zero-order valence-corrected chi connectivity index (χ0v) is 7.37. The van der Waals surface area contributed by atoms with E-state index in [1.54, 1.807) is 0 Å². The molecule has 0 aliphatic rings. The number of hydrogen-bond donors (Lipinski definition) is 0. The molecule has 0 saturated heterocycles. The molecule has 1 rings (SSSR count). The minimum atomic E-state index is 0.793. The SMILES string of the molecule is Cc1cccc(/C=C/C=O)c1C. The fourth-order valence-electron chi connectivity index (χ4n) is 1.10. The van der Waals surface area contributed by atoms with Crippen LogP contribution in [0.15, 0.2) is 24.3 Å². The quantitative estimate of drug-likeness (QED) is 0.480. The van der Waals surface area contributed by atoms with Crippen molar-refractivity contribution in [2.45, 2.75) is 13.8 Å². The minimum absolute atomic E-state index is 0.793. The van der Waals surface area contributed by atoms with Crippen molar-refractivity contribution in [3.05, 3.63) is 41.0 Å². The van der Waals surface area contributed by atoms with E-state index in [0.717, 1.165) is 11.8 Å². The van der Waals surface area contributed by atoms with Crippen LogP contribution in [0.1, 0.15) is 16.7 Å². The molecule has 0 amide bonds. The first-order chi connectivity index (χ1) is 5.75. The van der Waals surface area contributed by atoms with E-state index in [4.69, 9.17) is 0 Å². The largest absolute Gasteiger partial charge is 0.299 e. The number of rotatable bonds is 2. The second-order valence-electron chi connectivity index (χ2n) is 2.78. The van der Waals surface area contributed by atoms with E-state index in [1.165, 1.54) is 17.2 Å². The third kappa shape index (κ3) is 1.82. The summed E-state index contributed by atoms with van der Waals surface area (Å²) in [5.41, 5.74) is 3.60. The number of hydrogen-bond acceptors (Lipinski definition) is 1. The molecule has 0 aliphatic carbocycles. The zero-order valence-electron chi connectivity index (χ0n) is 7.37. The molecule has 0 N–H and O–H groups in total. The molecule has 0 unspecified atom stereocenters. The van der Waals surface area contributed by atoms with Crippen LogP contribution in [-0.4, -0.2) is 6.29 Å². The Morgan fingerprint density at radius 2 is 2.00 bits per heavy atom. The molecule has 1 aromatic rings. The molecule has 12 heavy (non-hydrogen) atoms. The van der Waals surface area contributed by atoms with Crippen LogP contribution in [0.4, 0.5) is 0 Å². The van der Waals surface area contributed by atoms with Gasteiger partial charge in [-0.15, -0.1) is 0 Å². The lowest BCUT2D eigenvalue weighted by Crippen LogP contribution is -1.84. The Labute approximate surface area is 72.7 Å². The Bertz CT molecular complexity index is 311. The molecular formula is C11H12O. The summed E-state index contributed by atoms with van der Waals surface area (Å²) in [6.07, 6.45) is 4.14. The van der Waals surface area contributed by atoms with E-state index in [1.807, 2.05) is 18.2 Å². The highest BCUT2D eigenvalue weighted by molar-refractivity contribution is 5.74. The molecule has 0 radical (unpaired) electrons. The van der Waals surface area contributed by atoms with Gasteiger partial charge in [0.2, 0.25) is 0 Å². The maximum atomic E-state index is 10.1. The Morgan fingerprint density at radius 3 is 2.67 bits per heavy atom. The third-order valence-electron chi connectivity index (χ3n) is 2.00. The van der Waals surface area contributed by atoms with Crippen molar-refractivity contribution in [2.75, 3.05) is 0 Å². The van der Waals surface area contributed by atoms with Crippen LogP contribution in [0.5, 0.6) is 0 Å². The zero-order chi connectivity index (χ0) is 8.97. The predicted molar refractivity (Wildman–Crippen MR) is 51.0 cm³/mol. The van der Waals surface area contributed by atoms with Gasteiger partial charge in [0.1, 0.15) is 6.29 Å². The van der Waals surface area contributed by atoms with Crippen LogP contribution in [0, 0.1) is 13.8 Å². The number of carbonyl (C=O) groups is 1. The van der Waals surface area contributed by atoms with Crippen molar-refractivity contribution in [2.24, 2.45) is 0 Å². The number of carbonyl (C=O) groups excluding carboxylic acids is 1. The minimum Gasteiger partial charge on any atom is -0.299 e. The summed E-state index contributed by atoms with van der Waals surface area (Å²) >= 11 is 0. The highest BCUT2D eigenvalue weighted by Crippen LogP contribution is 2.13. The molecule has 0 aromatic heterocycles. The van der Waals surface area contributed by atoms with E-state index in [0.29, 0.717) is 0 Å². The van der Waals surface area contributed by atoms with Crippen molar-refractivity contribution in [1.82, 2.24) is 0 Å². The first-order valence-corrected chi connectivity index (χ1v) is 3.94. The average molecular weight is 160 g/mol. The van der Waals surface area contributed by atoms with E-state index >= 15 is 0 Å². The van der Waals surface area contributed by atoms with E-state index < -0.39 is 0 Å². The first-order valence-electron chi connectivity index (χ1n) is 3.94. The van der Waals surface area contributed by atoms with Gasteiger partial charge in [0, 0.05) is 0 Å². The maximum Gasteiger partial charge on any atom is 0.142 e. The number of benzene rings is 1. The van der Waals surface area contributed by atoms with Gasteiger partial charge in [0.15, 0.2) is 0 Å². The van der Waals surface area contributed by atoms with Crippen molar-refractivity contribution >= 4 is 12.4 Å². The molecule has 0 saturated carbocycles. The summed E-state index contributed by atoms with van der Waals surface area (Å²) in [5.74, 6) is 0. The molecule has 1 nitrogen and oxygen atoms in total. The predicted octanol–water partition coefficient (Wildman–Crippen LogP) is 2.52. The van der Waals surface area contributed by atoms with Crippen LogP contribution in [0.3, 0.4) is 0 Å². The van der Waals surface area contributed by atoms with Gasteiger partial charge < -0.3 is 0 Å². The molecular weight excluding hydrogens is 148 g/mol. The van der Waals surface area contributed by atoms with Gasteiger partial charge >= 0.3 is 0 Å². The Balaban J connectivity index is 3.07. The summed E-state index contributed by atoms with van der Waals surface area (Å²) in [6.45, 7) is 4.12. The third-order valence-corrected chi connectivity index (χ3v) is 2.00. The molecule has 1 aromatic carbocycles. The van der Waals surface area contributed by atoms with Gasteiger partial charge in [-0.1, -0.05) is 24.3 Å². The molecule has 0 atom stereocenters. The van der Waals surface area contributed by atoms with Crippen molar-refractivity contribution in [1.29, 1.82) is 0 Å². The molecule has 0 aliphatic heterocycles. The van der Waals surface area contributed by atoms with Crippen LogP contribution in [0.25, 0.3) is 6.08 Å². The van der Waals surface area contributed by atoms with Crippen LogP contribution in [-0.2, 0) is 4.79 Å². The highest BCUT2D eigenvalue weighted by Gasteiger charge is 1.94.